The largest absolute Gasteiger partial charge is 0.383 e. The second-order valence-electron chi connectivity index (χ2n) is 4.35. The van der Waals surface area contributed by atoms with Gasteiger partial charge in [0.05, 0.1) is 13.2 Å². The molecule has 0 radical (unpaired) electrons. The molecule has 5 nitrogen and oxygen atoms in total. The lowest BCUT2D eigenvalue weighted by Gasteiger charge is -2.25. The van der Waals surface area contributed by atoms with Gasteiger partial charge in [-0.15, -0.1) is 0 Å². The number of amides is 1. The fourth-order valence-corrected chi connectivity index (χ4v) is 1.96. The molecule has 1 heterocycles. The number of hydrogen-bond acceptors (Lipinski definition) is 4. The molecule has 1 aliphatic heterocycles. The van der Waals surface area contributed by atoms with Gasteiger partial charge in [-0.1, -0.05) is 6.92 Å². The molecule has 0 bridgehead atoms. The lowest BCUT2D eigenvalue weighted by molar-refractivity contribution is -0.132. The maximum Gasteiger partial charge on any atom is 0.236 e. The minimum Gasteiger partial charge on any atom is -0.383 e. The Hall–Kier alpha value is -0.650. The van der Waals surface area contributed by atoms with Gasteiger partial charge in [-0.3, -0.25) is 9.69 Å². The van der Waals surface area contributed by atoms with E-state index < -0.39 is 0 Å². The van der Waals surface area contributed by atoms with Crippen molar-refractivity contribution >= 4 is 5.91 Å². The molecule has 5 heteroatoms. The molecule has 17 heavy (non-hydrogen) atoms. The summed E-state index contributed by atoms with van der Waals surface area (Å²) in [6.07, 6.45) is 1.05. The van der Waals surface area contributed by atoms with Crippen LogP contribution in [0.3, 0.4) is 0 Å². The predicted molar refractivity (Wildman–Crippen MR) is 68.1 cm³/mol. The highest BCUT2D eigenvalue weighted by Crippen LogP contribution is 1.98. The van der Waals surface area contributed by atoms with E-state index in [1.165, 1.54) is 0 Å². The Labute approximate surface area is 104 Å². The minimum absolute atomic E-state index is 0.242. The first kappa shape index (κ1) is 14.4. The van der Waals surface area contributed by atoms with Crippen LogP contribution in [0.5, 0.6) is 0 Å². The quantitative estimate of drug-likeness (QED) is 0.700. The zero-order chi connectivity index (χ0) is 12.5. The van der Waals surface area contributed by atoms with Gasteiger partial charge in [0.15, 0.2) is 0 Å². The van der Waals surface area contributed by atoms with Gasteiger partial charge >= 0.3 is 0 Å². The zero-order valence-corrected chi connectivity index (χ0v) is 11.1. The van der Waals surface area contributed by atoms with Crippen molar-refractivity contribution in [1.29, 1.82) is 0 Å². The van der Waals surface area contributed by atoms with Crippen molar-refractivity contribution in [3.8, 4) is 0 Å². The highest BCUT2D eigenvalue weighted by molar-refractivity contribution is 5.78. The maximum atomic E-state index is 12.1. The van der Waals surface area contributed by atoms with Gasteiger partial charge in [0.25, 0.3) is 0 Å². The lowest BCUT2D eigenvalue weighted by Crippen LogP contribution is -2.42. The third-order valence-corrected chi connectivity index (χ3v) is 3.11. The van der Waals surface area contributed by atoms with Gasteiger partial charge in [0.2, 0.25) is 5.91 Å². The second-order valence-corrected chi connectivity index (χ2v) is 4.35. The molecule has 0 aliphatic carbocycles. The van der Waals surface area contributed by atoms with Gasteiger partial charge in [0, 0.05) is 33.3 Å². The maximum absolute atomic E-state index is 12.1. The summed E-state index contributed by atoms with van der Waals surface area (Å²) < 4.78 is 5.04. The van der Waals surface area contributed by atoms with Crippen LogP contribution in [0.1, 0.15) is 13.3 Å². The van der Waals surface area contributed by atoms with E-state index in [2.05, 4.69) is 17.1 Å². The summed E-state index contributed by atoms with van der Waals surface area (Å²) in [5.74, 6) is 0.242. The van der Waals surface area contributed by atoms with Gasteiger partial charge in [-0.05, 0) is 19.5 Å². The Balaban J connectivity index is 2.34. The van der Waals surface area contributed by atoms with E-state index in [0.717, 1.165) is 45.7 Å². The summed E-state index contributed by atoms with van der Waals surface area (Å²) in [6, 6.07) is 0. The zero-order valence-electron chi connectivity index (χ0n) is 11.1. The normalized spacial score (nSPS) is 17.2. The van der Waals surface area contributed by atoms with E-state index in [4.69, 9.17) is 4.74 Å². The average Bonchev–Trinajstić information content (AvgIpc) is 2.63. The van der Waals surface area contributed by atoms with Crippen LogP contribution in [0.25, 0.3) is 0 Å². The van der Waals surface area contributed by atoms with Crippen molar-refractivity contribution in [2.75, 3.05) is 59.5 Å². The van der Waals surface area contributed by atoms with E-state index >= 15 is 0 Å². The van der Waals surface area contributed by atoms with Crippen LogP contribution in [-0.2, 0) is 9.53 Å². The summed E-state index contributed by atoms with van der Waals surface area (Å²) >= 11 is 0. The first-order valence-electron chi connectivity index (χ1n) is 6.47. The molecule has 0 unspecified atom stereocenters. The molecule has 1 saturated heterocycles. The van der Waals surface area contributed by atoms with Crippen LogP contribution < -0.4 is 5.32 Å². The molecule has 1 rings (SSSR count). The highest BCUT2D eigenvalue weighted by Gasteiger charge is 2.17. The number of methoxy groups -OCH3 is 1. The summed E-state index contributed by atoms with van der Waals surface area (Å²) in [5.41, 5.74) is 0. The van der Waals surface area contributed by atoms with E-state index in [1.54, 1.807) is 7.11 Å². The summed E-state index contributed by atoms with van der Waals surface area (Å²) in [7, 11) is 1.69. The van der Waals surface area contributed by atoms with Crippen molar-refractivity contribution in [3.05, 3.63) is 0 Å². The first-order valence-corrected chi connectivity index (χ1v) is 6.47. The molecule has 0 aromatic carbocycles. The standard InChI is InChI=1S/C12H25N3O2/c1-3-14(9-10-17-2)11-12(16)15-7-4-5-13-6-8-15/h13H,3-11H2,1-2H3. The van der Waals surface area contributed by atoms with Crippen LogP contribution >= 0.6 is 0 Å². The third-order valence-electron chi connectivity index (χ3n) is 3.11. The fourth-order valence-electron chi connectivity index (χ4n) is 1.96. The molecule has 1 amide bonds. The molecule has 100 valence electrons. The number of carbonyl (C=O) groups excluding carboxylic acids is 1. The minimum atomic E-state index is 0.242. The van der Waals surface area contributed by atoms with Gasteiger partial charge in [-0.2, -0.15) is 0 Å². The Morgan fingerprint density at radius 2 is 2.24 bits per heavy atom. The molecule has 1 N–H and O–H groups in total. The first-order chi connectivity index (χ1) is 8.27. The molecule has 1 aliphatic rings. The van der Waals surface area contributed by atoms with E-state index in [0.29, 0.717) is 13.2 Å². The number of likely N-dealkylation sites (N-methyl/N-ethyl adjacent to an activating group) is 1. The summed E-state index contributed by atoms with van der Waals surface area (Å²) in [5, 5.41) is 3.31. The van der Waals surface area contributed by atoms with Crippen molar-refractivity contribution in [2.45, 2.75) is 13.3 Å². The smallest absolute Gasteiger partial charge is 0.236 e. The average molecular weight is 243 g/mol. The van der Waals surface area contributed by atoms with E-state index in [1.807, 2.05) is 4.90 Å². The van der Waals surface area contributed by atoms with Gasteiger partial charge in [0.1, 0.15) is 0 Å². The van der Waals surface area contributed by atoms with Gasteiger partial charge in [-0.25, -0.2) is 0 Å². The number of nitrogens with zero attached hydrogens (tertiary/aromatic N) is 2. The Bertz CT molecular complexity index is 216. The Morgan fingerprint density at radius 3 is 2.94 bits per heavy atom. The Kier molecular flexibility index (Phi) is 7.16. The predicted octanol–water partition coefficient (Wildman–Crippen LogP) is -0.223. The topological polar surface area (TPSA) is 44.8 Å². The van der Waals surface area contributed by atoms with Crippen molar-refractivity contribution in [1.82, 2.24) is 15.1 Å². The molecule has 0 aromatic rings. The van der Waals surface area contributed by atoms with Gasteiger partial charge < -0.3 is 15.0 Å². The number of nitrogens with one attached hydrogen (secondary N) is 1. The number of carbonyl (C=O) groups is 1. The van der Waals surface area contributed by atoms with Crippen molar-refractivity contribution in [2.24, 2.45) is 0 Å². The third kappa shape index (κ3) is 5.48. The van der Waals surface area contributed by atoms with Crippen LogP contribution in [0.2, 0.25) is 0 Å². The van der Waals surface area contributed by atoms with Crippen LogP contribution in [0.4, 0.5) is 0 Å². The fraction of sp³-hybridized carbons (Fsp3) is 0.917. The van der Waals surface area contributed by atoms with Crippen molar-refractivity contribution in [3.63, 3.8) is 0 Å². The second kappa shape index (κ2) is 8.44. The number of rotatable bonds is 6. The molecular formula is C12H25N3O2. The van der Waals surface area contributed by atoms with Crippen LogP contribution in [-0.4, -0.2) is 75.2 Å². The number of ether oxygens (including phenoxy) is 1. The number of hydrogen-bond donors (Lipinski definition) is 1. The van der Waals surface area contributed by atoms with E-state index in [-0.39, 0.29) is 5.91 Å². The monoisotopic (exact) mass is 243 g/mol. The van der Waals surface area contributed by atoms with Crippen molar-refractivity contribution < 1.29 is 9.53 Å². The summed E-state index contributed by atoms with van der Waals surface area (Å²) in [6.45, 7) is 8.64. The SMILES string of the molecule is CCN(CCOC)CC(=O)N1CCCNCC1. The summed E-state index contributed by atoms with van der Waals surface area (Å²) in [4.78, 5) is 16.2. The Morgan fingerprint density at radius 1 is 1.41 bits per heavy atom. The van der Waals surface area contributed by atoms with Crippen LogP contribution in [0, 0.1) is 0 Å². The molecule has 1 fully saturated rings. The molecule has 0 aromatic heterocycles. The molecular weight excluding hydrogens is 218 g/mol. The van der Waals surface area contributed by atoms with Crippen LogP contribution in [0.15, 0.2) is 0 Å². The molecule has 0 atom stereocenters. The highest BCUT2D eigenvalue weighted by atomic mass is 16.5. The molecule has 0 saturated carbocycles. The van der Waals surface area contributed by atoms with E-state index in [9.17, 15) is 4.79 Å². The molecule has 0 spiro atoms. The lowest BCUT2D eigenvalue weighted by atomic mass is 10.3.